The first-order chi connectivity index (χ1) is 16.4. The van der Waals surface area contributed by atoms with Crippen molar-refractivity contribution in [3.05, 3.63) is 59.1 Å². The van der Waals surface area contributed by atoms with Crippen LogP contribution in [-0.2, 0) is 14.4 Å². The van der Waals surface area contributed by atoms with E-state index in [4.69, 9.17) is 9.90 Å². The topological polar surface area (TPSA) is 137 Å². The summed E-state index contributed by atoms with van der Waals surface area (Å²) in [5.41, 5.74) is 2.68. The monoisotopic (exact) mass is 556 g/mol. The molecule has 1 unspecified atom stereocenters. The van der Waals surface area contributed by atoms with Crippen LogP contribution in [0.5, 0.6) is 0 Å². The zero-order valence-electron chi connectivity index (χ0n) is 18.4. The Hall–Kier alpha value is -3.65. The smallest absolute Gasteiger partial charge is 0.475 e. The first kappa shape index (κ1) is 27.6. The molecule has 3 aromatic rings. The van der Waals surface area contributed by atoms with Crippen LogP contribution in [0.2, 0.25) is 0 Å². The van der Waals surface area contributed by atoms with Crippen molar-refractivity contribution in [2.45, 2.75) is 12.2 Å². The van der Waals surface area contributed by atoms with Gasteiger partial charge in [-0.25, -0.2) is 4.79 Å². The van der Waals surface area contributed by atoms with E-state index in [1.54, 1.807) is 36.9 Å². The molecular formula is C21H20BrF3N6O4. The minimum Gasteiger partial charge on any atom is -0.475 e. The molecule has 14 heteroatoms. The van der Waals surface area contributed by atoms with E-state index in [0.29, 0.717) is 21.2 Å². The Kier molecular flexibility index (Phi) is 9.59. The number of likely N-dealkylation sites (N-methyl/N-ethyl adjacent to an activating group) is 1. The lowest BCUT2D eigenvalue weighted by atomic mass is 10.1. The van der Waals surface area contributed by atoms with Crippen molar-refractivity contribution in [3.63, 3.8) is 0 Å². The number of carboxylic acid groups (broad SMARTS) is 1. The van der Waals surface area contributed by atoms with Crippen molar-refractivity contribution in [2.24, 2.45) is 0 Å². The third kappa shape index (κ3) is 7.96. The van der Waals surface area contributed by atoms with Gasteiger partial charge in [0, 0.05) is 31.3 Å². The number of halogens is 4. The summed E-state index contributed by atoms with van der Waals surface area (Å²) in [6.07, 6.45) is 1.49. The normalized spacial score (nSPS) is 11.9. The second-order valence-corrected chi connectivity index (χ2v) is 7.88. The van der Waals surface area contributed by atoms with Gasteiger partial charge in [0.2, 0.25) is 0 Å². The van der Waals surface area contributed by atoms with Crippen molar-refractivity contribution in [3.8, 4) is 0 Å². The number of hydrogen-bond acceptors (Lipinski definition) is 7. The average molecular weight is 557 g/mol. The lowest BCUT2D eigenvalue weighted by molar-refractivity contribution is -0.192. The van der Waals surface area contributed by atoms with Crippen molar-refractivity contribution in [1.29, 1.82) is 0 Å². The van der Waals surface area contributed by atoms with E-state index in [1.165, 1.54) is 0 Å². The number of carboxylic acids is 1. The summed E-state index contributed by atoms with van der Waals surface area (Å²) >= 11 is 3.41. The molecule has 0 saturated heterocycles. The molecule has 186 valence electrons. The summed E-state index contributed by atoms with van der Waals surface area (Å²) in [7, 11) is 3.80. The highest BCUT2D eigenvalue weighted by Crippen LogP contribution is 2.28. The molecule has 3 rings (SSSR count). The summed E-state index contributed by atoms with van der Waals surface area (Å²) < 4.78 is 32.3. The molecule has 1 atom stereocenters. The third-order valence-corrected chi connectivity index (χ3v) is 5.23. The quantitative estimate of drug-likeness (QED) is 0.408. The van der Waals surface area contributed by atoms with Crippen molar-refractivity contribution in [1.82, 2.24) is 25.2 Å². The Bertz CT molecular complexity index is 1190. The Morgan fingerprint density at radius 3 is 2.31 bits per heavy atom. The number of carbonyl (C=O) groups is 3. The van der Waals surface area contributed by atoms with Gasteiger partial charge >= 0.3 is 24.0 Å². The molecule has 35 heavy (non-hydrogen) atoms. The number of carbonyl (C=O) groups excluding carboxylic acids is 2. The summed E-state index contributed by atoms with van der Waals surface area (Å²) in [5, 5.41) is 12.4. The van der Waals surface area contributed by atoms with Crippen LogP contribution < -0.4 is 10.6 Å². The van der Waals surface area contributed by atoms with Crippen LogP contribution in [0.3, 0.4) is 0 Å². The standard InChI is InChI=1S/C19H19BrN6O2.C2HF3O2/c1-26(2)15(12-4-3-7-21-10-12)11-24-18(27)19(28)25-13-5-6-14-17(16(13)20)23-9-8-22-14;3-2(4,5)1(6)7/h3-10,15H,11H2,1-2H3,(H,24,27)(H,25,28);(H,6,7). The Labute approximate surface area is 205 Å². The predicted octanol–water partition coefficient (Wildman–Crippen LogP) is 2.78. The average Bonchev–Trinajstić information content (AvgIpc) is 2.81. The van der Waals surface area contributed by atoms with Crippen LogP contribution in [0.4, 0.5) is 18.9 Å². The van der Waals surface area contributed by atoms with Gasteiger partial charge in [0.1, 0.15) is 5.52 Å². The fourth-order valence-electron chi connectivity index (χ4n) is 2.72. The number of aromatic nitrogens is 3. The van der Waals surface area contributed by atoms with Gasteiger partial charge < -0.3 is 20.6 Å². The Morgan fingerprint density at radius 2 is 1.74 bits per heavy atom. The van der Waals surface area contributed by atoms with Gasteiger partial charge in [-0.05, 0) is 53.8 Å². The van der Waals surface area contributed by atoms with E-state index in [1.807, 2.05) is 31.1 Å². The van der Waals surface area contributed by atoms with Crippen LogP contribution in [0.15, 0.2) is 53.5 Å². The number of amides is 2. The zero-order valence-corrected chi connectivity index (χ0v) is 20.0. The van der Waals surface area contributed by atoms with E-state index >= 15 is 0 Å². The molecule has 3 N–H and O–H groups in total. The molecule has 0 fully saturated rings. The van der Waals surface area contributed by atoms with E-state index in [9.17, 15) is 22.8 Å². The lowest BCUT2D eigenvalue weighted by Crippen LogP contribution is -2.40. The van der Waals surface area contributed by atoms with Crippen molar-refractivity contribution < 1.29 is 32.7 Å². The molecule has 0 aliphatic carbocycles. The van der Waals surface area contributed by atoms with Crippen molar-refractivity contribution in [2.75, 3.05) is 26.0 Å². The van der Waals surface area contributed by atoms with E-state index < -0.39 is 24.0 Å². The maximum Gasteiger partial charge on any atom is 0.490 e. The van der Waals surface area contributed by atoms with Crippen LogP contribution in [0.25, 0.3) is 11.0 Å². The Balaban J connectivity index is 0.000000540. The van der Waals surface area contributed by atoms with Gasteiger partial charge in [-0.2, -0.15) is 13.2 Å². The highest BCUT2D eigenvalue weighted by Gasteiger charge is 2.38. The SMILES string of the molecule is CN(C)C(CNC(=O)C(=O)Nc1ccc2nccnc2c1Br)c1cccnc1.O=C(O)C(F)(F)F. The minimum atomic E-state index is -5.08. The molecule has 0 bridgehead atoms. The van der Waals surface area contributed by atoms with Gasteiger partial charge in [0.05, 0.1) is 21.7 Å². The largest absolute Gasteiger partial charge is 0.490 e. The highest BCUT2D eigenvalue weighted by molar-refractivity contribution is 9.10. The van der Waals surface area contributed by atoms with E-state index in [0.717, 1.165) is 5.56 Å². The predicted molar refractivity (Wildman–Crippen MR) is 123 cm³/mol. The number of alkyl halides is 3. The maximum absolute atomic E-state index is 12.3. The molecule has 2 aromatic heterocycles. The molecule has 0 spiro atoms. The second-order valence-electron chi connectivity index (χ2n) is 7.08. The number of hydrogen-bond donors (Lipinski definition) is 3. The van der Waals surface area contributed by atoms with Crippen LogP contribution in [-0.4, -0.2) is 69.6 Å². The van der Waals surface area contributed by atoms with E-state index in [2.05, 4.69) is 41.5 Å². The number of nitrogens with one attached hydrogen (secondary N) is 2. The van der Waals surface area contributed by atoms with Crippen LogP contribution in [0.1, 0.15) is 11.6 Å². The first-order valence-electron chi connectivity index (χ1n) is 9.76. The fourth-order valence-corrected chi connectivity index (χ4v) is 3.26. The van der Waals surface area contributed by atoms with Gasteiger partial charge in [-0.3, -0.25) is 24.5 Å². The lowest BCUT2D eigenvalue weighted by Gasteiger charge is -2.24. The highest BCUT2D eigenvalue weighted by atomic mass is 79.9. The summed E-state index contributed by atoms with van der Waals surface area (Å²) in [4.78, 5) is 48.0. The molecular weight excluding hydrogens is 537 g/mol. The molecule has 0 saturated carbocycles. The Morgan fingerprint density at radius 1 is 1.09 bits per heavy atom. The second kappa shape index (κ2) is 12.2. The molecule has 0 radical (unpaired) electrons. The third-order valence-electron chi connectivity index (χ3n) is 4.42. The van der Waals surface area contributed by atoms with Crippen LogP contribution in [0, 0.1) is 0 Å². The van der Waals surface area contributed by atoms with Crippen LogP contribution >= 0.6 is 15.9 Å². The molecule has 2 amide bonds. The van der Waals surface area contributed by atoms with Crippen molar-refractivity contribution >= 4 is 50.4 Å². The van der Waals surface area contributed by atoms with Gasteiger partial charge in [0.25, 0.3) is 0 Å². The zero-order chi connectivity index (χ0) is 26.2. The van der Waals surface area contributed by atoms with E-state index in [-0.39, 0.29) is 12.6 Å². The summed E-state index contributed by atoms with van der Waals surface area (Å²) in [5.74, 6) is -4.23. The molecule has 0 aliphatic rings. The molecule has 2 heterocycles. The molecule has 0 aliphatic heterocycles. The number of pyridine rings is 1. The molecule has 10 nitrogen and oxygen atoms in total. The maximum atomic E-state index is 12.3. The van der Waals surface area contributed by atoms with Gasteiger partial charge in [-0.1, -0.05) is 6.07 Å². The first-order valence-corrected chi connectivity index (χ1v) is 10.6. The fraction of sp³-hybridized carbons (Fsp3) is 0.238. The summed E-state index contributed by atoms with van der Waals surface area (Å²) in [6, 6.07) is 7.06. The molecule has 1 aromatic carbocycles. The summed E-state index contributed by atoms with van der Waals surface area (Å²) in [6.45, 7) is 0.273. The van der Waals surface area contributed by atoms with Gasteiger partial charge in [-0.15, -0.1) is 0 Å². The number of anilines is 1. The number of rotatable bonds is 5. The van der Waals surface area contributed by atoms with Gasteiger partial charge in [0.15, 0.2) is 0 Å². The number of nitrogens with zero attached hydrogens (tertiary/aromatic N) is 4. The number of benzene rings is 1. The number of fused-ring (bicyclic) bond motifs is 1. The number of aliphatic carboxylic acids is 1. The minimum absolute atomic E-state index is 0.104.